The molecule has 3 aromatic heterocycles. The van der Waals surface area contributed by atoms with Crippen molar-refractivity contribution in [1.82, 2.24) is 19.2 Å². The Labute approximate surface area is 189 Å². The van der Waals surface area contributed by atoms with Crippen LogP contribution in [0.15, 0.2) is 83.9 Å². The number of pyridine rings is 1. The van der Waals surface area contributed by atoms with Crippen LogP contribution in [0.3, 0.4) is 0 Å². The lowest BCUT2D eigenvalue weighted by molar-refractivity contribution is -0.115. The average molecular weight is 439 g/mol. The quantitative estimate of drug-likeness (QED) is 0.438. The summed E-state index contributed by atoms with van der Waals surface area (Å²) >= 11 is 0. The van der Waals surface area contributed by atoms with Gasteiger partial charge in [0.05, 0.1) is 23.2 Å². The van der Waals surface area contributed by atoms with Crippen LogP contribution in [0.2, 0.25) is 0 Å². The Morgan fingerprint density at radius 2 is 1.85 bits per heavy atom. The maximum atomic E-state index is 12.7. The number of nitrogens with one attached hydrogen (secondary N) is 1. The van der Waals surface area contributed by atoms with Crippen molar-refractivity contribution in [1.29, 1.82) is 0 Å². The molecule has 0 fully saturated rings. The topological polar surface area (TPSA) is 90.5 Å². The molecule has 3 heterocycles. The van der Waals surface area contributed by atoms with E-state index in [1.807, 2.05) is 53.2 Å². The molecule has 0 aliphatic carbocycles. The summed E-state index contributed by atoms with van der Waals surface area (Å²) in [4.78, 5) is 29.5. The highest BCUT2D eigenvalue weighted by Gasteiger charge is 2.13. The van der Waals surface area contributed by atoms with E-state index >= 15 is 0 Å². The Bertz CT molecular complexity index is 1500. The van der Waals surface area contributed by atoms with Gasteiger partial charge in [-0.1, -0.05) is 30.3 Å². The molecule has 0 saturated carbocycles. The zero-order valence-electron chi connectivity index (χ0n) is 17.9. The summed E-state index contributed by atoms with van der Waals surface area (Å²) in [5.41, 5.74) is 2.64. The number of nitrogens with zero attached hydrogens (tertiary/aromatic N) is 4. The molecule has 8 heteroatoms. The Balaban J connectivity index is 1.28. The fourth-order valence-corrected chi connectivity index (χ4v) is 3.74. The number of hydrogen-bond acceptors (Lipinski definition) is 5. The van der Waals surface area contributed by atoms with Gasteiger partial charge < -0.3 is 14.5 Å². The van der Waals surface area contributed by atoms with Crippen LogP contribution < -0.4 is 15.6 Å². The van der Waals surface area contributed by atoms with Gasteiger partial charge in [0.2, 0.25) is 5.91 Å². The lowest BCUT2D eigenvalue weighted by Crippen LogP contribution is -2.24. The number of benzene rings is 2. The average Bonchev–Trinajstić information content (AvgIpc) is 3.24. The van der Waals surface area contributed by atoms with Crippen LogP contribution in [-0.4, -0.2) is 25.1 Å². The third-order valence-corrected chi connectivity index (χ3v) is 5.28. The lowest BCUT2D eigenvalue weighted by atomic mass is 10.1. The van der Waals surface area contributed by atoms with Gasteiger partial charge in [-0.2, -0.15) is 5.10 Å². The summed E-state index contributed by atoms with van der Waals surface area (Å²) in [6.45, 7) is 0.313. The normalized spacial score (nSPS) is 11.1. The molecule has 1 N–H and O–H groups in total. The fourth-order valence-electron chi connectivity index (χ4n) is 3.74. The number of anilines is 1. The molecule has 0 bridgehead atoms. The lowest BCUT2D eigenvalue weighted by Gasteiger charge is -2.10. The van der Waals surface area contributed by atoms with Crippen molar-refractivity contribution in [3.8, 4) is 5.75 Å². The second kappa shape index (κ2) is 8.58. The number of carbonyl (C=O) groups is 1. The number of ether oxygens (including phenoxy) is 1. The van der Waals surface area contributed by atoms with Crippen molar-refractivity contribution in [2.24, 2.45) is 7.05 Å². The minimum atomic E-state index is -0.233. The van der Waals surface area contributed by atoms with Gasteiger partial charge in [0, 0.05) is 36.6 Å². The van der Waals surface area contributed by atoms with E-state index in [-0.39, 0.29) is 17.9 Å². The number of aryl methyl sites for hydroxylation is 1. The summed E-state index contributed by atoms with van der Waals surface area (Å²) in [6, 6.07) is 20.2. The van der Waals surface area contributed by atoms with Crippen LogP contribution in [0.25, 0.3) is 16.4 Å². The number of hydrogen-bond donors (Lipinski definition) is 1. The second-order valence-corrected chi connectivity index (χ2v) is 7.66. The molecular formula is C25H21N5O3. The zero-order chi connectivity index (χ0) is 22.8. The number of carbonyl (C=O) groups excluding carboxylic acids is 1. The van der Waals surface area contributed by atoms with Crippen LogP contribution in [0.4, 0.5) is 5.69 Å². The molecule has 0 saturated heterocycles. The van der Waals surface area contributed by atoms with E-state index in [2.05, 4.69) is 15.4 Å². The van der Waals surface area contributed by atoms with Crippen molar-refractivity contribution in [3.05, 3.63) is 101 Å². The van der Waals surface area contributed by atoms with Crippen LogP contribution in [-0.2, 0) is 24.9 Å². The molecule has 0 aliphatic heterocycles. The predicted molar refractivity (Wildman–Crippen MR) is 125 cm³/mol. The van der Waals surface area contributed by atoms with Crippen LogP contribution in [0.1, 0.15) is 11.4 Å². The first kappa shape index (κ1) is 20.4. The first-order chi connectivity index (χ1) is 16.1. The summed E-state index contributed by atoms with van der Waals surface area (Å²) in [7, 11) is 1.58. The minimum absolute atomic E-state index is 0.0426. The Morgan fingerprint density at radius 1 is 1.03 bits per heavy atom. The molecular weight excluding hydrogens is 418 g/mol. The molecule has 2 aromatic carbocycles. The van der Waals surface area contributed by atoms with Crippen LogP contribution >= 0.6 is 0 Å². The molecule has 1 amide bonds. The Kier molecular flexibility index (Phi) is 5.32. The maximum Gasteiger partial charge on any atom is 0.274 e. The van der Waals surface area contributed by atoms with Crippen molar-refractivity contribution in [2.45, 2.75) is 13.0 Å². The van der Waals surface area contributed by atoms with Crippen molar-refractivity contribution >= 4 is 28.0 Å². The fraction of sp³-hybridized carbons (Fsp3) is 0.120. The summed E-state index contributed by atoms with van der Waals surface area (Å²) < 4.78 is 9.07. The minimum Gasteiger partial charge on any atom is -0.487 e. The van der Waals surface area contributed by atoms with Crippen molar-refractivity contribution in [2.75, 3.05) is 5.32 Å². The molecule has 5 aromatic rings. The predicted octanol–water partition coefficient (Wildman–Crippen LogP) is 3.34. The highest BCUT2D eigenvalue weighted by molar-refractivity contribution is 5.95. The maximum absolute atomic E-state index is 12.7. The van der Waals surface area contributed by atoms with E-state index < -0.39 is 0 Å². The van der Waals surface area contributed by atoms with Gasteiger partial charge in [0.1, 0.15) is 18.0 Å². The van der Waals surface area contributed by atoms with Gasteiger partial charge in [-0.05, 0) is 30.3 Å². The molecule has 164 valence electrons. The second-order valence-electron chi connectivity index (χ2n) is 7.66. The summed E-state index contributed by atoms with van der Waals surface area (Å²) in [5.74, 6) is 0.388. The number of imidazole rings is 1. The third-order valence-electron chi connectivity index (χ3n) is 5.28. The van der Waals surface area contributed by atoms with E-state index in [4.69, 9.17) is 4.74 Å². The molecule has 0 aliphatic rings. The SMILES string of the molecule is Cn1nc(CC(=O)Nc2cccc(OCc3cn4ccccc4n3)c2)c2ccccc2c1=O. The molecule has 0 radical (unpaired) electrons. The van der Waals surface area contributed by atoms with E-state index in [9.17, 15) is 9.59 Å². The zero-order valence-corrected chi connectivity index (χ0v) is 17.9. The first-order valence-corrected chi connectivity index (χ1v) is 10.5. The van der Waals surface area contributed by atoms with E-state index in [1.165, 1.54) is 4.68 Å². The van der Waals surface area contributed by atoms with E-state index in [0.717, 1.165) is 11.3 Å². The monoisotopic (exact) mass is 439 g/mol. The van der Waals surface area contributed by atoms with Crippen molar-refractivity contribution < 1.29 is 9.53 Å². The summed E-state index contributed by atoms with van der Waals surface area (Å²) in [6.07, 6.45) is 3.90. The van der Waals surface area contributed by atoms with Gasteiger partial charge in [0.25, 0.3) is 5.56 Å². The molecule has 33 heavy (non-hydrogen) atoms. The van der Waals surface area contributed by atoms with Crippen LogP contribution in [0.5, 0.6) is 5.75 Å². The largest absolute Gasteiger partial charge is 0.487 e. The van der Waals surface area contributed by atoms with Crippen molar-refractivity contribution in [3.63, 3.8) is 0 Å². The smallest absolute Gasteiger partial charge is 0.274 e. The first-order valence-electron chi connectivity index (χ1n) is 10.5. The van der Waals surface area contributed by atoms with E-state index in [0.29, 0.717) is 34.5 Å². The molecule has 0 spiro atoms. The number of aromatic nitrogens is 4. The van der Waals surface area contributed by atoms with Crippen LogP contribution in [0, 0.1) is 0 Å². The Hall–Kier alpha value is -4.46. The molecule has 5 rings (SSSR count). The van der Waals surface area contributed by atoms with E-state index in [1.54, 1.807) is 37.4 Å². The van der Waals surface area contributed by atoms with Gasteiger partial charge in [0.15, 0.2) is 0 Å². The Morgan fingerprint density at radius 3 is 2.70 bits per heavy atom. The van der Waals surface area contributed by atoms with Gasteiger partial charge >= 0.3 is 0 Å². The highest BCUT2D eigenvalue weighted by Crippen LogP contribution is 2.20. The third kappa shape index (κ3) is 4.31. The van der Waals surface area contributed by atoms with Gasteiger partial charge in [-0.15, -0.1) is 0 Å². The number of amides is 1. The summed E-state index contributed by atoms with van der Waals surface area (Å²) in [5, 5.41) is 8.40. The molecule has 0 atom stereocenters. The highest BCUT2D eigenvalue weighted by atomic mass is 16.5. The molecule has 0 unspecified atom stereocenters. The van der Waals surface area contributed by atoms with Gasteiger partial charge in [-0.3, -0.25) is 9.59 Å². The van der Waals surface area contributed by atoms with Gasteiger partial charge in [-0.25, -0.2) is 9.67 Å². The number of rotatable bonds is 6. The number of fused-ring (bicyclic) bond motifs is 2. The standard InChI is InChI=1S/C25H21N5O3/c1-29-25(32)21-10-3-2-9-20(21)22(28-29)14-24(31)27-17-7-6-8-19(13-17)33-16-18-15-30-12-5-4-11-23(30)26-18/h2-13,15H,14,16H2,1H3,(H,27,31). The molecule has 8 nitrogen and oxygen atoms in total.